The average molecular weight is 340 g/mol. The Morgan fingerprint density at radius 1 is 1.35 bits per heavy atom. The van der Waals surface area contributed by atoms with E-state index in [1.54, 1.807) is 0 Å². The van der Waals surface area contributed by atoms with E-state index in [1.807, 2.05) is 24.2 Å². The number of hydrogen-bond donors (Lipinski definition) is 1. The highest BCUT2D eigenvalue weighted by molar-refractivity contribution is 9.10. The van der Waals surface area contributed by atoms with E-state index in [2.05, 4.69) is 25.8 Å². The first-order valence-electron chi connectivity index (χ1n) is 7.52. The second kappa shape index (κ2) is 5.90. The molecule has 0 bridgehead atoms. The highest BCUT2D eigenvalue weighted by Gasteiger charge is 2.30. The third-order valence-electron chi connectivity index (χ3n) is 4.39. The second-order valence-corrected chi connectivity index (χ2v) is 6.85. The predicted octanol–water partition coefficient (Wildman–Crippen LogP) is 2.80. The summed E-state index contributed by atoms with van der Waals surface area (Å²) in [5.41, 5.74) is 0.832. The molecule has 1 aromatic heterocycles. The molecule has 0 radical (unpaired) electrons. The summed E-state index contributed by atoms with van der Waals surface area (Å²) in [5, 5.41) is 3.40. The van der Waals surface area contributed by atoms with Gasteiger partial charge in [-0.25, -0.2) is 0 Å². The van der Waals surface area contributed by atoms with Crippen molar-refractivity contribution < 1.29 is 4.79 Å². The Labute approximate surface area is 128 Å². The number of hydrogen-bond acceptors (Lipinski definition) is 2. The van der Waals surface area contributed by atoms with E-state index in [0.717, 1.165) is 42.5 Å². The molecule has 0 spiro atoms. The summed E-state index contributed by atoms with van der Waals surface area (Å²) >= 11 is 3.50. The lowest BCUT2D eigenvalue weighted by Gasteiger charge is -2.27. The molecule has 5 heteroatoms. The van der Waals surface area contributed by atoms with Crippen LogP contribution in [0.4, 0.5) is 0 Å². The predicted molar refractivity (Wildman–Crippen MR) is 83.0 cm³/mol. The van der Waals surface area contributed by atoms with E-state index in [-0.39, 0.29) is 5.91 Å². The lowest BCUT2D eigenvalue weighted by atomic mass is 10.1. The molecule has 1 N–H and O–H groups in total. The van der Waals surface area contributed by atoms with Crippen LogP contribution in [0.2, 0.25) is 0 Å². The highest BCUT2D eigenvalue weighted by Crippen LogP contribution is 2.37. The van der Waals surface area contributed by atoms with Gasteiger partial charge in [0, 0.05) is 29.8 Å². The molecule has 1 amide bonds. The molecular formula is C15H22BrN3O. The normalized spacial score (nSPS) is 23.4. The SMILES string of the molecule is CN(C(=O)c1cc(Br)cn1C1CC1)C1CCCNCC1. The number of aromatic nitrogens is 1. The third kappa shape index (κ3) is 2.93. The Balaban J connectivity index is 1.77. The van der Waals surface area contributed by atoms with Crippen molar-refractivity contribution in [1.29, 1.82) is 0 Å². The van der Waals surface area contributed by atoms with Crippen LogP contribution in [0.15, 0.2) is 16.7 Å². The summed E-state index contributed by atoms with van der Waals surface area (Å²) in [6.07, 6.45) is 7.73. The van der Waals surface area contributed by atoms with E-state index in [1.165, 1.54) is 12.8 Å². The number of carbonyl (C=O) groups excluding carboxylic acids is 1. The minimum atomic E-state index is 0.162. The third-order valence-corrected chi connectivity index (χ3v) is 4.82. The van der Waals surface area contributed by atoms with Crippen LogP contribution in [0, 0.1) is 0 Å². The van der Waals surface area contributed by atoms with Crippen LogP contribution in [0.25, 0.3) is 0 Å². The quantitative estimate of drug-likeness (QED) is 0.919. The van der Waals surface area contributed by atoms with E-state index in [4.69, 9.17) is 0 Å². The fourth-order valence-corrected chi connectivity index (χ4v) is 3.44. The molecule has 2 fully saturated rings. The number of rotatable bonds is 3. The first kappa shape index (κ1) is 14.1. The van der Waals surface area contributed by atoms with Crippen LogP contribution in [-0.4, -0.2) is 41.6 Å². The van der Waals surface area contributed by atoms with Gasteiger partial charge in [-0.1, -0.05) is 0 Å². The zero-order chi connectivity index (χ0) is 14.1. The van der Waals surface area contributed by atoms with Crippen LogP contribution in [-0.2, 0) is 0 Å². The molecule has 1 aliphatic carbocycles. The van der Waals surface area contributed by atoms with Crippen LogP contribution >= 0.6 is 15.9 Å². The van der Waals surface area contributed by atoms with Crippen molar-refractivity contribution in [3.05, 3.63) is 22.4 Å². The van der Waals surface area contributed by atoms with Gasteiger partial charge in [0.15, 0.2) is 0 Å². The van der Waals surface area contributed by atoms with Gasteiger partial charge >= 0.3 is 0 Å². The molecule has 1 saturated heterocycles. The second-order valence-electron chi connectivity index (χ2n) is 5.93. The molecular weight excluding hydrogens is 318 g/mol. The van der Waals surface area contributed by atoms with Crippen molar-refractivity contribution in [3.8, 4) is 0 Å². The maximum absolute atomic E-state index is 12.8. The van der Waals surface area contributed by atoms with Crippen molar-refractivity contribution in [2.24, 2.45) is 0 Å². The zero-order valence-electron chi connectivity index (χ0n) is 11.9. The number of nitrogens with zero attached hydrogens (tertiary/aromatic N) is 2. The molecule has 1 unspecified atom stereocenters. The molecule has 3 rings (SSSR count). The number of amides is 1. The Morgan fingerprint density at radius 3 is 2.90 bits per heavy atom. The smallest absolute Gasteiger partial charge is 0.270 e. The topological polar surface area (TPSA) is 37.3 Å². The highest BCUT2D eigenvalue weighted by atomic mass is 79.9. The molecule has 2 heterocycles. The minimum absolute atomic E-state index is 0.162. The van der Waals surface area contributed by atoms with Gasteiger partial charge in [0.25, 0.3) is 5.91 Å². The van der Waals surface area contributed by atoms with Crippen molar-refractivity contribution >= 4 is 21.8 Å². The average Bonchev–Trinajstić information content (AvgIpc) is 3.24. The lowest BCUT2D eigenvalue weighted by Crippen LogP contribution is -2.38. The molecule has 1 aromatic rings. The van der Waals surface area contributed by atoms with Gasteiger partial charge in [-0.3, -0.25) is 4.79 Å². The van der Waals surface area contributed by atoms with Gasteiger partial charge in [0.05, 0.1) is 0 Å². The molecule has 2 aliphatic rings. The summed E-state index contributed by atoms with van der Waals surface area (Å²) in [6.45, 7) is 2.08. The monoisotopic (exact) mass is 339 g/mol. The Morgan fingerprint density at radius 2 is 2.15 bits per heavy atom. The van der Waals surface area contributed by atoms with Crippen molar-refractivity contribution in [3.63, 3.8) is 0 Å². The molecule has 4 nitrogen and oxygen atoms in total. The maximum Gasteiger partial charge on any atom is 0.270 e. The summed E-state index contributed by atoms with van der Waals surface area (Å²) in [5.74, 6) is 0.162. The largest absolute Gasteiger partial charge is 0.339 e. The molecule has 1 saturated carbocycles. The van der Waals surface area contributed by atoms with Crippen molar-refractivity contribution in [2.75, 3.05) is 20.1 Å². The summed E-state index contributed by atoms with van der Waals surface area (Å²) in [4.78, 5) is 14.7. The van der Waals surface area contributed by atoms with Crippen LogP contribution in [0.5, 0.6) is 0 Å². The fraction of sp³-hybridized carbons (Fsp3) is 0.667. The van der Waals surface area contributed by atoms with Gasteiger partial charge in [-0.15, -0.1) is 0 Å². The van der Waals surface area contributed by atoms with Crippen molar-refractivity contribution in [1.82, 2.24) is 14.8 Å². The molecule has 110 valence electrons. The summed E-state index contributed by atoms with van der Waals surface area (Å²) < 4.78 is 3.15. The Hall–Kier alpha value is -0.810. The zero-order valence-corrected chi connectivity index (χ0v) is 13.5. The standard InChI is InChI=1S/C15H22BrN3O/c1-18(12-3-2-7-17-8-6-12)15(20)14-9-11(16)10-19(14)13-4-5-13/h9-10,12-13,17H,2-8H2,1H3. The number of halogens is 1. The van der Waals surface area contributed by atoms with Gasteiger partial charge in [-0.2, -0.15) is 0 Å². The first-order valence-corrected chi connectivity index (χ1v) is 8.31. The van der Waals surface area contributed by atoms with Gasteiger partial charge in [-0.05, 0) is 67.2 Å². The fourth-order valence-electron chi connectivity index (χ4n) is 3.01. The summed E-state index contributed by atoms with van der Waals surface area (Å²) in [7, 11) is 1.95. The van der Waals surface area contributed by atoms with Crippen LogP contribution in [0.3, 0.4) is 0 Å². The van der Waals surface area contributed by atoms with Gasteiger partial charge in [0.2, 0.25) is 0 Å². The van der Waals surface area contributed by atoms with E-state index in [9.17, 15) is 4.79 Å². The van der Waals surface area contributed by atoms with E-state index >= 15 is 0 Å². The van der Waals surface area contributed by atoms with Crippen LogP contribution < -0.4 is 5.32 Å². The number of carbonyl (C=O) groups is 1. The Bertz CT molecular complexity index is 487. The van der Waals surface area contributed by atoms with Gasteiger partial charge < -0.3 is 14.8 Å². The molecule has 20 heavy (non-hydrogen) atoms. The maximum atomic E-state index is 12.8. The first-order chi connectivity index (χ1) is 9.66. The minimum Gasteiger partial charge on any atom is -0.339 e. The van der Waals surface area contributed by atoms with Gasteiger partial charge in [0.1, 0.15) is 5.69 Å². The van der Waals surface area contributed by atoms with Crippen molar-refractivity contribution in [2.45, 2.75) is 44.2 Å². The lowest BCUT2D eigenvalue weighted by molar-refractivity contribution is 0.0709. The molecule has 1 atom stereocenters. The van der Waals surface area contributed by atoms with Crippen LogP contribution in [0.1, 0.15) is 48.6 Å². The summed E-state index contributed by atoms with van der Waals surface area (Å²) in [6, 6.07) is 2.86. The Kier molecular flexibility index (Phi) is 4.17. The number of nitrogens with one attached hydrogen (secondary N) is 1. The molecule has 0 aromatic carbocycles. The van der Waals surface area contributed by atoms with E-state index < -0.39 is 0 Å². The molecule has 1 aliphatic heterocycles. The van der Waals surface area contributed by atoms with E-state index in [0.29, 0.717) is 12.1 Å².